The Kier molecular flexibility index (Phi) is 6.14. The molecule has 0 aliphatic carbocycles. The van der Waals surface area contributed by atoms with Crippen LogP contribution >= 0.6 is 0 Å². The number of hydrogen-bond donors (Lipinski definition) is 2. The molecule has 4 nitrogen and oxygen atoms in total. The van der Waals surface area contributed by atoms with Crippen molar-refractivity contribution in [2.45, 2.75) is 44.8 Å². The highest BCUT2D eigenvalue weighted by molar-refractivity contribution is 5.48. The molecule has 2 aliphatic heterocycles. The molecule has 2 fully saturated rings. The highest BCUT2D eigenvalue weighted by Gasteiger charge is 2.19. The van der Waals surface area contributed by atoms with E-state index in [0.29, 0.717) is 6.04 Å². The van der Waals surface area contributed by atoms with Gasteiger partial charge in [-0.05, 0) is 76.4 Å². The molecule has 134 valence electrons. The molecule has 0 amide bonds. The molecule has 1 aromatic rings. The van der Waals surface area contributed by atoms with Crippen molar-refractivity contribution in [3.05, 3.63) is 29.8 Å². The maximum Gasteiger partial charge on any atom is 0.0574 e. The topological polar surface area (TPSA) is 38.7 Å². The zero-order chi connectivity index (χ0) is 16.9. The fourth-order valence-corrected chi connectivity index (χ4v) is 4.00. The second kappa shape index (κ2) is 8.32. The largest absolute Gasteiger partial charge is 0.393 e. The number of benzene rings is 1. The van der Waals surface area contributed by atoms with Crippen molar-refractivity contribution in [2.24, 2.45) is 5.92 Å². The van der Waals surface area contributed by atoms with E-state index in [1.807, 2.05) is 0 Å². The number of aliphatic hydroxyl groups excluding tert-OH is 1. The number of hydrogen-bond acceptors (Lipinski definition) is 4. The molecule has 0 radical (unpaired) electrons. The third-order valence-electron chi connectivity index (χ3n) is 5.66. The second-order valence-electron chi connectivity index (χ2n) is 7.71. The first kappa shape index (κ1) is 17.7. The van der Waals surface area contributed by atoms with Crippen LogP contribution < -0.4 is 10.2 Å². The maximum atomic E-state index is 9.64. The smallest absolute Gasteiger partial charge is 0.0574 e. The van der Waals surface area contributed by atoms with Crippen LogP contribution in [0.25, 0.3) is 0 Å². The average Bonchev–Trinajstić information content (AvgIpc) is 2.61. The van der Waals surface area contributed by atoms with Crippen molar-refractivity contribution in [1.82, 2.24) is 10.2 Å². The molecule has 2 atom stereocenters. The van der Waals surface area contributed by atoms with Crippen LogP contribution in [0.1, 0.15) is 44.2 Å². The summed E-state index contributed by atoms with van der Waals surface area (Å²) in [5.41, 5.74) is 2.65. The number of anilines is 1. The van der Waals surface area contributed by atoms with Gasteiger partial charge in [0.25, 0.3) is 0 Å². The van der Waals surface area contributed by atoms with Crippen LogP contribution in [0, 0.1) is 5.92 Å². The van der Waals surface area contributed by atoms with E-state index < -0.39 is 0 Å². The minimum atomic E-state index is -0.108. The van der Waals surface area contributed by atoms with E-state index in [9.17, 15) is 5.11 Å². The first-order valence-electron chi connectivity index (χ1n) is 9.56. The van der Waals surface area contributed by atoms with Gasteiger partial charge in [0.05, 0.1) is 6.10 Å². The molecule has 2 saturated heterocycles. The lowest BCUT2D eigenvalue weighted by atomic mass is 9.97. The van der Waals surface area contributed by atoms with E-state index in [0.717, 1.165) is 38.4 Å². The van der Waals surface area contributed by atoms with Gasteiger partial charge in [0.2, 0.25) is 0 Å². The lowest BCUT2D eigenvalue weighted by Crippen LogP contribution is -2.38. The molecule has 2 aliphatic rings. The van der Waals surface area contributed by atoms with Crippen LogP contribution in [0.3, 0.4) is 0 Å². The molecule has 2 N–H and O–H groups in total. The van der Waals surface area contributed by atoms with Crippen molar-refractivity contribution in [3.8, 4) is 0 Å². The first-order valence-corrected chi connectivity index (χ1v) is 9.56. The average molecular weight is 332 g/mol. The summed E-state index contributed by atoms with van der Waals surface area (Å²) < 4.78 is 0. The number of piperidine rings is 2. The van der Waals surface area contributed by atoms with Gasteiger partial charge in [0, 0.05) is 31.4 Å². The van der Waals surface area contributed by atoms with Crippen LogP contribution in [-0.4, -0.2) is 55.9 Å². The predicted octanol–water partition coefficient (Wildman–Crippen LogP) is 2.64. The highest BCUT2D eigenvalue weighted by atomic mass is 16.3. The lowest BCUT2D eigenvalue weighted by molar-refractivity contribution is 0.145. The lowest BCUT2D eigenvalue weighted by Gasteiger charge is -2.32. The summed E-state index contributed by atoms with van der Waals surface area (Å²) in [7, 11) is 2.23. The normalized spacial score (nSPS) is 25.0. The Morgan fingerprint density at radius 1 is 1.12 bits per heavy atom. The van der Waals surface area contributed by atoms with E-state index in [-0.39, 0.29) is 6.10 Å². The van der Waals surface area contributed by atoms with Gasteiger partial charge < -0.3 is 20.2 Å². The molecule has 0 saturated carbocycles. The van der Waals surface area contributed by atoms with Crippen molar-refractivity contribution >= 4 is 5.69 Å². The summed E-state index contributed by atoms with van der Waals surface area (Å²) in [6.45, 7) is 7.77. The third kappa shape index (κ3) is 4.71. The summed E-state index contributed by atoms with van der Waals surface area (Å²) in [6, 6.07) is 9.38. The Morgan fingerprint density at radius 3 is 2.50 bits per heavy atom. The molecule has 24 heavy (non-hydrogen) atoms. The van der Waals surface area contributed by atoms with Crippen LogP contribution in [0.5, 0.6) is 0 Å². The summed E-state index contributed by atoms with van der Waals surface area (Å²) in [5.74, 6) is 0.783. The summed E-state index contributed by atoms with van der Waals surface area (Å²) >= 11 is 0. The molecular weight excluding hydrogens is 298 g/mol. The van der Waals surface area contributed by atoms with Gasteiger partial charge in [-0.15, -0.1) is 0 Å². The molecule has 0 aromatic heterocycles. The van der Waals surface area contributed by atoms with E-state index in [1.165, 1.54) is 37.2 Å². The minimum Gasteiger partial charge on any atom is -0.393 e. The molecule has 0 spiro atoms. The quantitative estimate of drug-likeness (QED) is 0.870. The van der Waals surface area contributed by atoms with Crippen LogP contribution in [-0.2, 0) is 0 Å². The number of likely N-dealkylation sites (tertiary alicyclic amines) is 1. The summed E-state index contributed by atoms with van der Waals surface area (Å²) in [4.78, 5) is 4.83. The summed E-state index contributed by atoms with van der Waals surface area (Å²) in [6.07, 6.45) is 4.34. The van der Waals surface area contributed by atoms with Gasteiger partial charge in [-0.25, -0.2) is 0 Å². The Bertz CT molecular complexity index is 496. The van der Waals surface area contributed by atoms with Crippen LogP contribution in [0.4, 0.5) is 5.69 Å². The van der Waals surface area contributed by atoms with Gasteiger partial charge >= 0.3 is 0 Å². The van der Waals surface area contributed by atoms with Crippen molar-refractivity contribution in [1.29, 1.82) is 0 Å². The Balaban J connectivity index is 1.49. The molecule has 1 aromatic carbocycles. The van der Waals surface area contributed by atoms with E-state index in [1.54, 1.807) is 0 Å². The fraction of sp³-hybridized carbons (Fsp3) is 0.700. The Morgan fingerprint density at radius 2 is 1.83 bits per heavy atom. The van der Waals surface area contributed by atoms with E-state index >= 15 is 0 Å². The van der Waals surface area contributed by atoms with Crippen molar-refractivity contribution in [3.63, 3.8) is 0 Å². The molecule has 3 rings (SSSR count). The van der Waals surface area contributed by atoms with Gasteiger partial charge in [0.1, 0.15) is 0 Å². The molecule has 0 bridgehead atoms. The molecule has 2 heterocycles. The first-order chi connectivity index (χ1) is 11.6. The van der Waals surface area contributed by atoms with Crippen molar-refractivity contribution < 1.29 is 5.11 Å². The second-order valence-corrected chi connectivity index (χ2v) is 7.71. The number of aliphatic hydroxyl groups is 1. The Hall–Kier alpha value is -1.10. The monoisotopic (exact) mass is 331 g/mol. The zero-order valence-electron chi connectivity index (χ0n) is 15.2. The Labute approximate surface area is 146 Å². The summed E-state index contributed by atoms with van der Waals surface area (Å²) in [5, 5.41) is 13.4. The van der Waals surface area contributed by atoms with Gasteiger partial charge in [-0.3, -0.25) is 0 Å². The van der Waals surface area contributed by atoms with Gasteiger partial charge in [-0.1, -0.05) is 12.1 Å². The SMILES string of the molecule is CC(NCC1CCCN(C)C1)c1ccc(N2CCC(O)CC2)cc1. The van der Waals surface area contributed by atoms with Gasteiger partial charge in [0.15, 0.2) is 0 Å². The predicted molar refractivity (Wildman–Crippen MR) is 101 cm³/mol. The van der Waals surface area contributed by atoms with Crippen LogP contribution in [0.2, 0.25) is 0 Å². The molecule has 4 heteroatoms. The minimum absolute atomic E-state index is 0.108. The number of rotatable bonds is 5. The fourth-order valence-electron chi connectivity index (χ4n) is 4.00. The maximum absolute atomic E-state index is 9.64. The van der Waals surface area contributed by atoms with Crippen molar-refractivity contribution in [2.75, 3.05) is 44.7 Å². The molecule has 2 unspecified atom stereocenters. The van der Waals surface area contributed by atoms with Gasteiger partial charge in [-0.2, -0.15) is 0 Å². The van der Waals surface area contributed by atoms with E-state index in [2.05, 4.69) is 53.4 Å². The van der Waals surface area contributed by atoms with E-state index in [4.69, 9.17) is 0 Å². The third-order valence-corrected chi connectivity index (χ3v) is 5.66. The molecular formula is C20H33N3O. The van der Waals surface area contributed by atoms with Crippen LogP contribution in [0.15, 0.2) is 24.3 Å². The number of nitrogens with one attached hydrogen (secondary N) is 1. The zero-order valence-corrected chi connectivity index (χ0v) is 15.2. The number of nitrogens with zero attached hydrogens (tertiary/aromatic N) is 2. The standard InChI is InChI=1S/C20H33N3O/c1-16(21-14-17-4-3-11-22(2)15-17)18-5-7-19(8-6-18)23-12-9-20(24)10-13-23/h5-8,16-17,20-21,24H,3-4,9-15H2,1-2H3. The highest BCUT2D eigenvalue weighted by Crippen LogP contribution is 2.23.